The molecule has 0 saturated carbocycles. The molecule has 0 fully saturated rings. The topological polar surface area (TPSA) is 18.5 Å². The summed E-state index contributed by atoms with van der Waals surface area (Å²) in [5, 5.41) is 0. The Kier molecular flexibility index (Phi) is 4.17. The predicted molar refractivity (Wildman–Crippen MR) is 68.6 cm³/mol. The first-order valence-electron chi connectivity index (χ1n) is 6.01. The Morgan fingerprint density at radius 2 is 1.45 bits per heavy atom. The van der Waals surface area contributed by atoms with Gasteiger partial charge in [-0.15, -0.1) is 13.2 Å². The van der Waals surface area contributed by atoms with Gasteiger partial charge in [0.15, 0.2) is 0 Å². The third-order valence-corrected chi connectivity index (χ3v) is 2.64. The first kappa shape index (κ1) is 14.2. The van der Waals surface area contributed by atoms with E-state index in [1.54, 1.807) is 12.1 Å². The first-order valence-corrected chi connectivity index (χ1v) is 6.01. The van der Waals surface area contributed by atoms with E-state index in [4.69, 9.17) is 4.74 Å². The van der Waals surface area contributed by atoms with Crippen molar-refractivity contribution in [3.63, 3.8) is 0 Å². The molecule has 0 bridgehead atoms. The Bertz CT molecular complexity index is 535. The van der Waals surface area contributed by atoms with Crippen LogP contribution < -0.4 is 9.47 Å². The summed E-state index contributed by atoms with van der Waals surface area (Å²) < 4.78 is 45.6. The monoisotopic (exact) mass is 282 g/mol. The molecule has 1 atom stereocenters. The molecule has 0 aliphatic rings. The maximum Gasteiger partial charge on any atom is 0.573 e. The maximum atomic E-state index is 12.0. The number of hydrogen-bond acceptors (Lipinski definition) is 2. The van der Waals surface area contributed by atoms with Crippen molar-refractivity contribution in [1.29, 1.82) is 0 Å². The molecule has 2 aromatic rings. The molecule has 0 aliphatic carbocycles. The Hall–Kier alpha value is -2.17. The zero-order chi connectivity index (χ0) is 14.6. The van der Waals surface area contributed by atoms with E-state index < -0.39 is 6.36 Å². The number of halogens is 3. The molecule has 0 aliphatic heterocycles. The summed E-state index contributed by atoms with van der Waals surface area (Å²) in [5.41, 5.74) is 0.767. The second kappa shape index (κ2) is 5.86. The second-order valence-electron chi connectivity index (χ2n) is 4.19. The van der Waals surface area contributed by atoms with Gasteiger partial charge in [-0.1, -0.05) is 30.3 Å². The molecule has 2 rings (SSSR count). The fraction of sp³-hybridized carbons (Fsp3) is 0.200. The van der Waals surface area contributed by atoms with Crippen molar-refractivity contribution in [1.82, 2.24) is 0 Å². The van der Waals surface area contributed by atoms with Gasteiger partial charge < -0.3 is 9.47 Å². The minimum absolute atomic E-state index is 0.242. The van der Waals surface area contributed by atoms with E-state index in [-0.39, 0.29) is 11.9 Å². The lowest BCUT2D eigenvalue weighted by molar-refractivity contribution is -0.274. The lowest BCUT2D eigenvalue weighted by Gasteiger charge is -2.15. The molecule has 0 aromatic heterocycles. The van der Waals surface area contributed by atoms with Crippen LogP contribution in [0.15, 0.2) is 54.6 Å². The van der Waals surface area contributed by atoms with Crippen molar-refractivity contribution in [2.75, 3.05) is 0 Å². The summed E-state index contributed by atoms with van der Waals surface area (Å²) >= 11 is 0. The summed E-state index contributed by atoms with van der Waals surface area (Å²) in [6.45, 7) is 1.83. The van der Waals surface area contributed by atoms with Gasteiger partial charge in [0, 0.05) is 0 Å². The number of hydrogen-bond donors (Lipinski definition) is 0. The highest BCUT2D eigenvalue weighted by Crippen LogP contribution is 2.26. The van der Waals surface area contributed by atoms with Crippen molar-refractivity contribution in [3.8, 4) is 11.5 Å². The molecule has 0 spiro atoms. The lowest BCUT2D eigenvalue weighted by Crippen LogP contribution is -2.17. The molecule has 20 heavy (non-hydrogen) atoms. The van der Waals surface area contributed by atoms with Crippen LogP contribution in [0.4, 0.5) is 13.2 Å². The van der Waals surface area contributed by atoms with Gasteiger partial charge in [-0.2, -0.15) is 0 Å². The minimum Gasteiger partial charge on any atom is -0.486 e. The molecular weight excluding hydrogens is 269 g/mol. The Morgan fingerprint density at radius 3 is 2.00 bits per heavy atom. The standard InChI is InChI=1S/C15H13F3O2/c1-11(19-13-5-3-2-4-6-13)12-7-9-14(10-8-12)20-15(16,17)18/h2-11H,1H3. The van der Waals surface area contributed by atoms with E-state index in [1.807, 2.05) is 37.3 Å². The third kappa shape index (κ3) is 4.19. The Balaban J connectivity index is 2.02. The number of benzene rings is 2. The van der Waals surface area contributed by atoms with Gasteiger partial charge in [-0.25, -0.2) is 0 Å². The molecule has 0 amide bonds. The average molecular weight is 282 g/mol. The van der Waals surface area contributed by atoms with Crippen molar-refractivity contribution < 1.29 is 22.6 Å². The summed E-state index contributed by atoms with van der Waals surface area (Å²) in [5.74, 6) is 0.462. The highest BCUT2D eigenvalue weighted by molar-refractivity contribution is 5.30. The fourth-order valence-corrected chi connectivity index (χ4v) is 1.71. The molecule has 5 heteroatoms. The van der Waals surface area contributed by atoms with Crippen molar-refractivity contribution in [2.45, 2.75) is 19.4 Å². The van der Waals surface area contributed by atoms with Crippen LogP contribution in [0.3, 0.4) is 0 Å². The van der Waals surface area contributed by atoms with Crippen LogP contribution in [0, 0.1) is 0 Å². The molecule has 2 aromatic carbocycles. The van der Waals surface area contributed by atoms with Crippen LogP contribution in [-0.4, -0.2) is 6.36 Å². The molecule has 0 N–H and O–H groups in total. The fourth-order valence-electron chi connectivity index (χ4n) is 1.71. The normalized spacial score (nSPS) is 12.8. The second-order valence-corrected chi connectivity index (χ2v) is 4.19. The highest BCUT2D eigenvalue weighted by atomic mass is 19.4. The molecule has 0 saturated heterocycles. The van der Waals surface area contributed by atoms with E-state index in [0.29, 0.717) is 5.75 Å². The number of ether oxygens (including phenoxy) is 2. The molecular formula is C15H13F3O2. The maximum absolute atomic E-state index is 12.0. The summed E-state index contributed by atoms with van der Waals surface area (Å²) in [4.78, 5) is 0. The van der Waals surface area contributed by atoms with Gasteiger partial charge in [0.05, 0.1) is 0 Å². The van der Waals surface area contributed by atoms with Crippen LogP contribution >= 0.6 is 0 Å². The molecule has 106 valence electrons. The zero-order valence-corrected chi connectivity index (χ0v) is 10.7. The van der Waals surface area contributed by atoms with E-state index in [2.05, 4.69) is 4.74 Å². The van der Waals surface area contributed by atoms with Crippen molar-refractivity contribution >= 4 is 0 Å². The van der Waals surface area contributed by atoms with Crippen LogP contribution in [0.25, 0.3) is 0 Å². The number of para-hydroxylation sites is 1. The number of alkyl halides is 3. The van der Waals surface area contributed by atoms with Gasteiger partial charge in [0.1, 0.15) is 17.6 Å². The quantitative estimate of drug-likeness (QED) is 0.807. The molecule has 2 nitrogen and oxygen atoms in total. The lowest BCUT2D eigenvalue weighted by atomic mass is 10.1. The van der Waals surface area contributed by atoms with Gasteiger partial charge in [-0.05, 0) is 36.8 Å². The average Bonchev–Trinajstić information content (AvgIpc) is 2.39. The van der Waals surface area contributed by atoms with Crippen LogP contribution in [0.1, 0.15) is 18.6 Å². The van der Waals surface area contributed by atoms with Gasteiger partial charge >= 0.3 is 6.36 Å². The minimum atomic E-state index is -4.67. The van der Waals surface area contributed by atoms with Crippen LogP contribution in [0.2, 0.25) is 0 Å². The zero-order valence-electron chi connectivity index (χ0n) is 10.7. The van der Waals surface area contributed by atoms with Gasteiger partial charge in [0.2, 0.25) is 0 Å². The molecule has 0 heterocycles. The summed E-state index contributed by atoms with van der Waals surface area (Å²) in [6.07, 6.45) is -4.94. The summed E-state index contributed by atoms with van der Waals surface area (Å²) in [7, 11) is 0. The Labute approximate surface area is 114 Å². The SMILES string of the molecule is CC(Oc1ccccc1)c1ccc(OC(F)(F)F)cc1. The van der Waals surface area contributed by atoms with E-state index in [0.717, 1.165) is 5.56 Å². The molecule has 1 unspecified atom stereocenters. The van der Waals surface area contributed by atoms with Crippen molar-refractivity contribution in [2.24, 2.45) is 0 Å². The largest absolute Gasteiger partial charge is 0.573 e. The van der Waals surface area contributed by atoms with Gasteiger partial charge in [-0.3, -0.25) is 0 Å². The first-order chi connectivity index (χ1) is 9.44. The highest BCUT2D eigenvalue weighted by Gasteiger charge is 2.31. The van der Waals surface area contributed by atoms with Crippen molar-refractivity contribution in [3.05, 3.63) is 60.2 Å². The van der Waals surface area contributed by atoms with Crippen LogP contribution in [-0.2, 0) is 0 Å². The van der Waals surface area contributed by atoms with E-state index in [9.17, 15) is 13.2 Å². The number of rotatable bonds is 4. The van der Waals surface area contributed by atoms with E-state index >= 15 is 0 Å². The Morgan fingerprint density at radius 1 is 0.850 bits per heavy atom. The van der Waals surface area contributed by atoms with Crippen LogP contribution in [0.5, 0.6) is 11.5 Å². The predicted octanol–water partition coefficient (Wildman–Crippen LogP) is 4.73. The van der Waals surface area contributed by atoms with Gasteiger partial charge in [0.25, 0.3) is 0 Å². The third-order valence-electron chi connectivity index (χ3n) is 2.64. The summed E-state index contributed by atoms with van der Waals surface area (Å²) in [6, 6.07) is 14.9. The smallest absolute Gasteiger partial charge is 0.486 e. The molecule has 0 radical (unpaired) electrons. The van der Waals surface area contributed by atoms with E-state index in [1.165, 1.54) is 12.1 Å².